The zero-order valence-corrected chi connectivity index (χ0v) is 10.3. The molecule has 88 valence electrons. The van der Waals surface area contributed by atoms with E-state index in [2.05, 4.69) is 31.0 Å². The number of rotatable bonds is 7. The molecule has 1 N–H and O–H groups in total. The maximum absolute atomic E-state index is 5.11. The highest BCUT2D eigenvalue weighted by molar-refractivity contribution is 5.27. The lowest BCUT2D eigenvalue weighted by atomic mass is 10.1. The van der Waals surface area contributed by atoms with E-state index in [1.807, 2.05) is 12.1 Å². The first-order chi connectivity index (χ1) is 7.76. The first kappa shape index (κ1) is 12.8. The molecule has 0 saturated heterocycles. The molecule has 0 radical (unpaired) electrons. The van der Waals surface area contributed by atoms with Gasteiger partial charge in [-0.1, -0.05) is 31.2 Å². The number of hydrogen-bond acceptors (Lipinski definition) is 2. The summed E-state index contributed by atoms with van der Waals surface area (Å²) in [6, 6.07) is 8.21. The summed E-state index contributed by atoms with van der Waals surface area (Å²) in [6.45, 7) is 8.01. The second-order valence-corrected chi connectivity index (χ2v) is 3.88. The van der Waals surface area contributed by atoms with Gasteiger partial charge < -0.3 is 10.1 Å². The Morgan fingerprint density at radius 2 is 2.00 bits per heavy atom. The van der Waals surface area contributed by atoms with Crippen LogP contribution in [0.15, 0.2) is 36.4 Å². The van der Waals surface area contributed by atoms with E-state index in [-0.39, 0.29) is 0 Å². The third-order valence-corrected chi connectivity index (χ3v) is 2.62. The number of benzene rings is 1. The fraction of sp³-hybridized carbons (Fsp3) is 0.429. The smallest absolute Gasteiger partial charge is 0.118 e. The highest BCUT2D eigenvalue weighted by Crippen LogP contribution is 2.11. The molecule has 0 amide bonds. The van der Waals surface area contributed by atoms with Crippen molar-refractivity contribution >= 4 is 0 Å². The van der Waals surface area contributed by atoms with Crippen molar-refractivity contribution in [3.63, 3.8) is 0 Å². The third-order valence-electron chi connectivity index (χ3n) is 2.62. The molecule has 0 aliphatic carbocycles. The summed E-state index contributed by atoms with van der Waals surface area (Å²) < 4.78 is 5.11. The Morgan fingerprint density at radius 3 is 2.56 bits per heavy atom. The Balaban J connectivity index is 2.24. The van der Waals surface area contributed by atoms with E-state index in [1.54, 1.807) is 7.11 Å². The average Bonchev–Trinajstić information content (AvgIpc) is 2.35. The summed E-state index contributed by atoms with van der Waals surface area (Å²) in [5.41, 5.74) is 2.59. The normalized spacial score (nSPS) is 10.1. The van der Waals surface area contributed by atoms with Crippen LogP contribution < -0.4 is 10.1 Å². The molecule has 2 heteroatoms. The van der Waals surface area contributed by atoms with E-state index in [0.29, 0.717) is 0 Å². The van der Waals surface area contributed by atoms with E-state index < -0.39 is 0 Å². The summed E-state index contributed by atoms with van der Waals surface area (Å²) in [4.78, 5) is 0. The molecule has 0 bridgehead atoms. The summed E-state index contributed by atoms with van der Waals surface area (Å²) >= 11 is 0. The Bertz CT molecular complexity index is 316. The first-order valence-electron chi connectivity index (χ1n) is 5.76. The van der Waals surface area contributed by atoms with Crippen molar-refractivity contribution in [2.45, 2.75) is 19.8 Å². The molecule has 0 heterocycles. The maximum Gasteiger partial charge on any atom is 0.118 e. The largest absolute Gasteiger partial charge is 0.497 e. The molecule has 0 atom stereocenters. The fourth-order valence-electron chi connectivity index (χ4n) is 1.42. The van der Waals surface area contributed by atoms with Crippen LogP contribution in [-0.4, -0.2) is 20.2 Å². The lowest BCUT2D eigenvalue weighted by Crippen LogP contribution is -2.19. The second-order valence-electron chi connectivity index (χ2n) is 3.88. The SMILES string of the molecule is C=C(CC)CNCCc1ccc(OC)cc1. The van der Waals surface area contributed by atoms with E-state index in [9.17, 15) is 0 Å². The van der Waals surface area contributed by atoms with Crippen LogP contribution in [0.3, 0.4) is 0 Å². The standard InChI is InChI=1S/C14H21NO/c1-4-12(2)11-15-10-9-13-5-7-14(16-3)8-6-13/h5-8,15H,2,4,9-11H2,1,3H3. The van der Waals surface area contributed by atoms with Gasteiger partial charge in [-0.25, -0.2) is 0 Å². The van der Waals surface area contributed by atoms with Crippen LogP contribution >= 0.6 is 0 Å². The van der Waals surface area contributed by atoms with Gasteiger partial charge in [0.15, 0.2) is 0 Å². The van der Waals surface area contributed by atoms with Crippen LogP contribution in [0.5, 0.6) is 5.75 Å². The molecule has 1 rings (SSSR count). The molecule has 0 spiro atoms. The Kier molecular flexibility index (Phi) is 5.65. The minimum atomic E-state index is 0.913. The molecule has 0 fully saturated rings. The van der Waals surface area contributed by atoms with Crippen molar-refractivity contribution < 1.29 is 4.74 Å². The van der Waals surface area contributed by atoms with Crippen LogP contribution in [0.4, 0.5) is 0 Å². The minimum absolute atomic E-state index is 0.913. The Labute approximate surface area is 98.3 Å². The molecule has 2 nitrogen and oxygen atoms in total. The van der Waals surface area contributed by atoms with Crippen molar-refractivity contribution in [1.29, 1.82) is 0 Å². The highest BCUT2D eigenvalue weighted by Gasteiger charge is 1.95. The fourth-order valence-corrected chi connectivity index (χ4v) is 1.42. The summed E-state index contributed by atoms with van der Waals surface area (Å²) in [5, 5.41) is 3.38. The van der Waals surface area contributed by atoms with Crippen LogP contribution in [-0.2, 0) is 6.42 Å². The van der Waals surface area contributed by atoms with Gasteiger partial charge in [-0.15, -0.1) is 0 Å². The van der Waals surface area contributed by atoms with Gasteiger partial charge in [0, 0.05) is 6.54 Å². The Morgan fingerprint density at radius 1 is 1.31 bits per heavy atom. The number of methoxy groups -OCH3 is 1. The van der Waals surface area contributed by atoms with Crippen LogP contribution in [0, 0.1) is 0 Å². The van der Waals surface area contributed by atoms with Crippen molar-refractivity contribution in [3.8, 4) is 5.75 Å². The van der Waals surface area contributed by atoms with Gasteiger partial charge in [-0.3, -0.25) is 0 Å². The number of ether oxygens (including phenoxy) is 1. The molecular formula is C14H21NO. The van der Waals surface area contributed by atoms with Crippen molar-refractivity contribution in [2.24, 2.45) is 0 Å². The minimum Gasteiger partial charge on any atom is -0.497 e. The molecule has 1 aromatic carbocycles. The highest BCUT2D eigenvalue weighted by atomic mass is 16.5. The number of nitrogens with one attached hydrogen (secondary N) is 1. The predicted octanol–water partition coefficient (Wildman–Crippen LogP) is 2.79. The lowest BCUT2D eigenvalue weighted by Gasteiger charge is -2.06. The van der Waals surface area contributed by atoms with E-state index in [1.165, 1.54) is 11.1 Å². The van der Waals surface area contributed by atoms with Gasteiger partial charge in [-0.05, 0) is 37.1 Å². The van der Waals surface area contributed by atoms with Crippen molar-refractivity contribution in [1.82, 2.24) is 5.32 Å². The summed E-state index contributed by atoms with van der Waals surface area (Å²) in [7, 11) is 1.69. The van der Waals surface area contributed by atoms with E-state index in [4.69, 9.17) is 4.74 Å². The monoisotopic (exact) mass is 219 g/mol. The molecule has 1 aromatic rings. The molecule has 0 aliphatic heterocycles. The molecule has 16 heavy (non-hydrogen) atoms. The van der Waals surface area contributed by atoms with Gasteiger partial charge >= 0.3 is 0 Å². The topological polar surface area (TPSA) is 21.3 Å². The predicted molar refractivity (Wildman–Crippen MR) is 69.0 cm³/mol. The Hall–Kier alpha value is -1.28. The summed E-state index contributed by atoms with van der Waals surface area (Å²) in [6.07, 6.45) is 2.09. The first-order valence-corrected chi connectivity index (χ1v) is 5.76. The lowest BCUT2D eigenvalue weighted by molar-refractivity contribution is 0.414. The van der Waals surface area contributed by atoms with Gasteiger partial charge in [0.1, 0.15) is 5.75 Å². The van der Waals surface area contributed by atoms with Gasteiger partial charge in [-0.2, -0.15) is 0 Å². The maximum atomic E-state index is 5.11. The average molecular weight is 219 g/mol. The van der Waals surface area contributed by atoms with Crippen molar-refractivity contribution in [2.75, 3.05) is 20.2 Å². The van der Waals surface area contributed by atoms with Gasteiger partial charge in [0.25, 0.3) is 0 Å². The van der Waals surface area contributed by atoms with Gasteiger partial charge in [0.05, 0.1) is 7.11 Å². The molecular weight excluding hydrogens is 198 g/mol. The molecule has 0 aromatic heterocycles. The van der Waals surface area contributed by atoms with E-state index >= 15 is 0 Å². The van der Waals surface area contributed by atoms with E-state index in [0.717, 1.165) is 31.7 Å². The zero-order chi connectivity index (χ0) is 11.8. The van der Waals surface area contributed by atoms with Crippen LogP contribution in [0.2, 0.25) is 0 Å². The molecule has 0 unspecified atom stereocenters. The van der Waals surface area contributed by atoms with Gasteiger partial charge in [0.2, 0.25) is 0 Å². The molecule has 0 saturated carbocycles. The van der Waals surface area contributed by atoms with Crippen LogP contribution in [0.1, 0.15) is 18.9 Å². The zero-order valence-electron chi connectivity index (χ0n) is 10.3. The number of hydrogen-bond donors (Lipinski definition) is 1. The van der Waals surface area contributed by atoms with Crippen molar-refractivity contribution in [3.05, 3.63) is 42.0 Å². The second kappa shape index (κ2) is 7.07. The summed E-state index contributed by atoms with van der Waals surface area (Å²) in [5.74, 6) is 0.913. The van der Waals surface area contributed by atoms with Crippen LogP contribution in [0.25, 0.3) is 0 Å². The quantitative estimate of drug-likeness (QED) is 0.562. The third kappa shape index (κ3) is 4.49. The molecule has 0 aliphatic rings.